The number of aryl methyl sites for hydroxylation is 1. The topological polar surface area (TPSA) is 83.6 Å². The van der Waals surface area contributed by atoms with Crippen LogP contribution in [0, 0.1) is 0 Å². The monoisotopic (exact) mass is 234 g/mol. The van der Waals surface area contributed by atoms with Crippen molar-refractivity contribution in [1.82, 2.24) is 0 Å². The van der Waals surface area contributed by atoms with Gasteiger partial charge >= 0.3 is 5.97 Å². The fraction of sp³-hybridized carbons (Fsp3) is 0.333. The minimum Gasteiger partial charge on any atom is -0.478 e. The molecule has 2 rings (SSSR count). The number of nitrogens with zero attached hydrogens (tertiary/aromatic N) is 1. The van der Waals surface area contributed by atoms with E-state index in [9.17, 15) is 9.59 Å². The third kappa shape index (κ3) is 2.14. The summed E-state index contributed by atoms with van der Waals surface area (Å²) in [7, 11) is 0. The first kappa shape index (κ1) is 11.6. The summed E-state index contributed by atoms with van der Waals surface area (Å²) in [5, 5.41) is 8.91. The summed E-state index contributed by atoms with van der Waals surface area (Å²) in [6.45, 7) is 0.621. The van der Waals surface area contributed by atoms with Crippen molar-refractivity contribution < 1.29 is 14.7 Å². The Hall–Kier alpha value is -1.88. The zero-order chi connectivity index (χ0) is 12.4. The van der Waals surface area contributed by atoms with Crippen molar-refractivity contribution in [1.29, 1.82) is 0 Å². The number of anilines is 1. The molecule has 3 N–H and O–H groups in total. The van der Waals surface area contributed by atoms with Gasteiger partial charge in [-0.2, -0.15) is 0 Å². The average molecular weight is 234 g/mol. The molecule has 0 aromatic heterocycles. The molecule has 0 saturated carbocycles. The molecule has 0 unspecified atom stereocenters. The van der Waals surface area contributed by atoms with Gasteiger partial charge in [0, 0.05) is 12.2 Å². The van der Waals surface area contributed by atoms with E-state index in [4.69, 9.17) is 10.8 Å². The highest BCUT2D eigenvalue weighted by atomic mass is 16.4. The normalized spacial score (nSPS) is 14.3. The second-order valence-electron chi connectivity index (χ2n) is 4.00. The molecule has 1 aromatic rings. The van der Waals surface area contributed by atoms with Gasteiger partial charge < -0.3 is 15.7 Å². The highest BCUT2D eigenvalue weighted by molar-refractivity contribution is 5.97. The van der Waals surface area contributed by atoms with E-state index in [2.05, 4.69) is 0 Å². The number of hydrogen-bond acceptors (Lipinski definition) is 3. The van der Waals surface area contributed by atoms with E-state index in [1.165, 1.54) is 6.07 Å². The van der Waals surface area contributed by atoms with Crippen LogP contribution in [-0.4, -0.2) is 30.1 Å². The lowest BCUT2D eigenvalue weighted by Gasteiger charge is -2.29. The summed E-state index contributed by atoms with van der Waals surface area (Å²) >= 11 is 0. The van der Waals surface area contributed by atoms with Crippen molar-refractivity contribution in [2.45, 2.75) is 12.8 Å². The first-order valence-electron chi connectivity index (χ1n) is 5.50. The van der Waals surface area contributed by atoms with Crippen molar-refractivity contribution in [3.05, 3.63) is 29.3 Å². The molecule has 1 aliphatic rings. The van der Waals surface area contributed by atoms with Crippen LogP contribution in [0.25, 0.3) is 0 Å². The summed E-state index contributed by atoms with van der Waals surface area (Å²) in [6, 6.07) is 4.84. The third-order valence-corrected chi connectivity index (χ3v) is 2.92. The SMILES string of the molecule is NCC(=O)N1CCCc2cc(C(=O)O)ccc21. The van der Waals surface area contributed by atoms with Gasteiger partial charge in [-0.1, -0.05) is 0 Å². The van der Waals surface area contributed by atoms with Crippen LogP contribution >= 0.6 is 0 Å². The molecule has 0 spiro atoms. The molecule has 0 fully saturated rings. The van der Waals surface area contributed by atoms with E-state index in [0.29, 0.717) is 6.54 Å². The molecule has 90 valence electrons. The number of carbonyl (C=O) groups is 2. The summed E-state index contributed by atoms with van der Waals surface area (Å²) in [5.41, 5.74) is 7.30. The van der Waals surface area contributed by atoms with Gasteiger partial charge in [-0.15, -0.1) is 0 Å². The van der Waals surface area contributed by atoms with Crippen LogP contribution in [-0.2, 0) is 11.2 Å². The number of fused-ring (bicyclic) bond motifs is 1. The molecule has 1 heterocycles. The van der Waals surface area contributed by atoms with Crippen LogP contribution in [0.5, 0.6) is 0 Å². The van der Waals surface area contributed by atoms with Gasteiger partial charge in [-0.05, 0) is 36.6 Å². The summed E-state index contributed by atoms with van der Waals surface area (Å²) < 4.78 is 0. The number of carbonyl (C=O) groups excluding carboxylic acids is 1. The molecule has 1 aromatic carbocycles. The van der Waals surface area contributed by atoms with E-state index in [0.717, 1.165) is 24.1 Å². The summed E-state index contributed by atoms with van der Waals surface area (Å²) in [6.07, 6.45) is 1.63. The maximum absolute atomic E-state index is 11.6. The van der Waals surface area contributed by atoms with E-state index in [1.807, 2.05) is 0 Å². The van der Waals surface area contributed by atoms with Crippen LogP contribution in [0.3, 0.4) is 0 Å². The molecular formula is C12H14N2O3. The maximum atomic E-state index is 11.6. The number of hydrogen-bond donors (Lipinski definition) is 2. The molecule has 0 radical (unpaired) electrons. The van der Waals surface area contributed by atoms with Crippen LogP contribution in [0.1, 0.15) is 22.3 Å². The number of nitrogens with two attached hydrogens (primary N) is 1. The zero-order valence-electron chi connectivity index (χ0n) is 9.35. The number of aromatic carboxylic acids is 1. The lowest BCUT2D eigenvalue weighted by Crippen LogP contribution is -2.39. The highest BCUT2D eigenvalue weighted by Gasteiger charge is 2.22. The van der Waals surface area contributed by atoms with Crippen molar-refractivity contribution in [3.8, 4) is 0 Å². The van der Waals surface area contributed by atoms with Gasteiger partial charge in [0.25, 0.3) is 0 Å². The molecule has 0 saturated heterocycles. The second kappa shape index (κ2) is 4.55. The molecule has 0 aliphatic carbocycles. The van der Waals surface area contributed by atoms with E-state index in [1.54, 1.807) is 17.0 Å². The Kier molecular flexibility index (Phi) is 3.10. The van der Waals surface area contributed by atoms with Crippen LogP contribution in [0.15, 0.2) is 18.2 Å². The Balaban J connectivity index is 2.40. The van der Waals surface area contributed by atoms with Gasteiger partial charge in [0.05, 0.1) is 12.1 Å². The van der Waals surface area contributed by atoms with E-state index < -0.39 is 5.97 Å². The minimum atomic E-state index is -0.949. The predicted octanol–water partition coefficient (Wildman–Crippen LogP) is 0.623. The summed E-state index contributed by atoms with van der Waals surface area (Å²) in [4.78, 5) is 24.1. The zero-order valence-corrected chi connectivity index (χ0v) is 9.35. The van der Waals surface area contributed by atoms with Gasteiger partial charge in [0.1, 0.15) is 0 Å². The standard InChI is InChI=1S/C12H14N2O3/c13-7-11(15)14-5-1-2-8-6-9(12(16)17)3-4-10(8)14/h3-4,6H,1-2,5,7,13H2,(H,16,17). The Labute approximate surface area is 98.8 Å². The van der Waals surface area contributed by atoms with E-state index in [-0.39, 0.29) is 18.0 Å². The molecule has 0 atom stereocenters. The molecule has 5 nitrogen and oxygen atoms in total. The predicted molar refractivity (Wildman–Crippen MR) is 63.1 cm³/mol. The van der Waals surface area contributed by atoms with E-state index >= 15 is 0 Å². The first-order valence-corrected chi connectivity index (χ1v) is 5.50. The van der Waals surface area contributed by atoms with Gasteiger partial charge in [0.15, 0.2) is 0 Å². The lowest BCUT2D eigenvalue weighted by molar-refractivity contribution is -0.117. The minimum absolute atomic E-state index is 0.0277. The first-order chi connectivity index (χ1) is 8.13. The highest BCUT2D eigenvalue weighted by Crippen LogP contribution is 2.28. The molecular weight excluding hydrogens is 220 g/mol. The number of benzene rings is 1. The number of carboxylic acid groups (broad SMARTS) is 1. The van der Waals surface area contributed by atoms with Gasteiger partial charge in [0.2, 0.25) is 5.91 Å². The number of amides is 1. The quantitative estimate of drug-likeness (QED) is 0.785. The Morgan fingerprint density at radius 2 is 2.18 bits per heavy atom. The molecule has 0 bridgehead atoms. The van der Waals surface area contributed by atoms with Crippen molar-refractivity contribution >= 4 is 17.6 Å². The van der Waals surface area contributed by atoms with Crippen molar-refractivity contribution in [2.75, 3.05) is 18.0 Å². The van der Waals surface area contributed by atoms with Gasteiger partial charge in [-0.3, -0.25) is 4.79 Å². The Morgan fingerprint density at radius 1 is 1.41 bits per heavy atom. The largest absolute Gasteiger partial charge is 0.478 e. The fourth-order valence-corrected chi connectivity index (χ4v) is 2.10. The number of rotatable bonds is 2. The summed E-state index contributed by atoms with van der Waals surface area (Å²) in [5.74, 6) is -1.08. The smallest absolute Gasteiger partial charge is 0.335 e. The average Bonchev–Trinajstić information content (AvgIpc) is 2.36. The maximum Gasteiger partial charge on any atom is 0.335 e. The van der Waals surface area contributed by atoms with Crippen LogP contribution in [0.4, 0.5) is 5.69 Å². The molecule has 5 heteroatoms. The van der Waals surface area contributed by atoms with Crippen LogP contribution < -0.4 is 10.6 Å². The fourth-order valence-electron chi connectivity index (χ4n) is 2.10. The molecule has 1 amide bonds. The third-order valence-electron chi connectivity index (χ3n) is 2.92. The van der Waals surface area contributed by atoms with Gasteiger partial charge in [-0.25, -0.2) is 4.79 Å². The second-order valence-corrected chi connectivity index (χ2v) is 4.00. The lowest BCUT2D eigenvalue weighted by atomic mass is 9.99. The molecule has 1 aliphatic heterocycles. The van der Waals surface area contributed by atoms with Crippen LogP contribution in [0.2, 0.25) is 0 Å². The number of carboxylic acids is 1. The van der Waals surface area contributed by atoms with Crippen molar-refractivity contribution in [2.24, 2.45) is 5.73 Å². The molecule has 17 heavy (non-hydrogen) atoms. The Morgan fingerprint density at radius 3 is 2.82 bits per heavy atom. The Bertz CT molecular complexity index is 471. The van der Waals surface area contributed by atoms with Crippen molar-refractivity contribution in [3.63, 3.8) is 0 Å².